The van der Waals surface area contributed by atoms with Gasteiger partial charge in [0.05, 0.1) is 6.10 Å². The van der Waals surface area contributed by atoms with Crippen molar-refractivity contribution in [2.24, 2.45) is 22.7 Å². The van der Waals surface area contributed by atoms with Crippen molar-refractivity contribution < 1.29 is 5.11 Å². The summed E-state index contributed by atoms with van der Waals surface area (Å²) in [6.45, 7) is 14.0. The lowest BCUT2D eigenvalue weighted by Crippen LogP contribution is -2.42. The highest BCUT2D eigenvalue weighted by atomic mass is 16.3. The van der Waals surface area contributed by atoms with Gasteiger partial charge < -0.3 is 5.11 Å². The molecule has 1 fully saturated rings. The molecule has 1 aliphatic rings. The van der Waals surface area contributed by atoms with E-state index in [1.807, 2.05) is 0 Å². The van der Waals surface area contributed by atoms with E-state index in [1.54, 1.807) is 0 Å². The molecule has 0 aromatic heterocycles. The molecule has 0 aliphatic heterocycles. The lowest BCUT2D eigenvalue weighted by Gasteiger charge is -2.47. The fourth-order valence-electron chi connectivity index (χ4n) is 3.26. The van der Waals surface area contributed by atoms with E-state index in [0.717, 1.165) is 18.8 Å². The molecule has 0 spiro atoms. The quantitative estimate of drug-likeness (QED) is 0.759. The number of rotatable bonds is 4. The van der Waals surface area contributed by atoms with Crippen molar-refractivity contribution in [1.82, 2.24) is 0 Å². The second kappa shape index (κ2) is 5.30. The summed E-state index contributed by atoms with van der Waals surface area (Å²) in [6.07, 6.45) is 5.75. The van der Waals surface area contributed by atoms with Gasteiger partial charge in [0.15, 0.2) is 0 Å². The molecule has 1 nitrogen and oxygen atoms in total. The highest BCUT2D eigenvalue weighted by molar-refractivity contribution is 4.92. The molecule has 0 unspecified atom stereocenters. The summed E-state index contributed by atoms with van der Waals surface area (Å²) in [5.74, 6) is 1.27. The van der Waals surface area contributed by atoms with Crippen LogP contribution in [0.4, 0.5) is 0 Å². The van der Waals surface area contributed by atoms with Crippen molar-refractivity contribution in [1.29, 1.82) is 0 Å². The second-order valence-electron chi connectivity index (χ2n) is 7.37. The molecule has 0 bridgehead atoms. The standard InChI is InChI=1S/C16H32O/c1-7-15(3,4)12-9-10-14(17)13(11-12)16(5,6)8-2/h12-14,17H,7-11H2,1-6H3/t12-,13-,14+/m1/s1. The van der Waals surface area contributed by atoms with Crippen LogP contribution in [0.5, 0.6) is 0 Å². The van der Waals surface area contributed by atoms with Crippen LogP contribution in [0.3, 0.4) is 0 Å². The topological polar surface area (TPSA) is 20.2 Å². The number of hydrogen-bond acceptors (Lipinski definition) is 1. The fraction of sp³-hybridized carbons (Fsp3) is 1.00. The summed E-state index contributed by atoms with van der Waals surface area (Å²) in [6, 6.07) is 0. The first kappa shape index (κ1) is 15.0. The molecule has 17 heavy (non-hydrogen) atoms. The molecular formula is C16H32O. The molecule has 0 heterocycles. The minimum atomic E-state index is -0.0751. The van der Waals surface area contributed by atoms with Crippen LogP contribution in [-0.2, 0) is 0 Å². The summed E-state index contributed by atoms with van der Waals surface area (Å²) < 4.78 is 0. The van der Waals surface area contributed by atoms with E-state index >= 15 is 0 Å². The van der Waals surface area contributed by atoms with E-state index < -0.39 is 0 Å². The Morgan fingerprint density at radius 1 is 0.941 bits per heavy atom. The average molecular weight is 240 g/mol. The van der Waals surface area contributed by atoms with Crippen LogP contribution in [0.1, 0.15) is 73.6 Å². The Hall–Kier alpha value is -0.0400. The van der Waals surface area contributed by atoms with Gasteiger partial charge in [-0.1, -0.05) is 54.4 Å². The highest BCUT2D eigenvalue weighted by Gasteiger charge is 2.42. The van der Waals surface area contributed by atoms with Gasteiger partial charge >= 0.3 is 0 Å². The Bertz CT molecular complexity index is 242. The van der Waals surface area contributed by atoms with Gasteiger partial charge in [0.2, 0.25) is 0 Å². The van der Waals surface area contributed by atoms with Gasteiger partial charge in [0.1, 0.15) is 0 Å². The molecule has 1 rings (SSSR count). The molecule has 1 heteroatoms. The van der Waals surface area contributed by atoms with Gasteiger partial charge in [-0.05, 0) is 41.9 Å². The third kappa shape index (κ3) is 3.24. The maximum Gasteiger partial charge on any atom is 0.0573 e. The SMILES string of the molecule is CCC(C)(C)[C@@H]1CC[C@H](O)[C@H](C(C)(C)CC)C1. The van der Waals surface area contributed by atoms with E-state index in [1.165, 1.54) is 19.3 Å². The predicted octanol–water partition coefficient (Wildman–Crippen LogP) is 4.64. The summed E-state index contributed by atoms with van der Waals surface area (Å²) >= 11 is 0. The van der Waals surface area contributed by atoms with Crippen molar-refractivity contribution >= 4 is 0 Å². The Labute approximate surface area is 108 Å². The number of aliphatic hydroxyl groups is 1. The number of aliphatic hydroxyl groups excluding tert-OH is 1. The smallest absolute Gasteiger partial charge is 0.0573 e. The zero-order valence-corrected chi connectivity index (χ0v) is 12.7. The highest BCUT2D eigenvalue weighted by Crippen LogP contribution is 2.48. The Kier molecular flexibility index (Phi) is 4.68. The van der Waals surface area contributed by atoms with E-state index in [2.05, 4.69) is 41.5 Å². The van der Waals surface area contributed by atoms with Gasteiger partial charge in [-0.3, -0.25) is 0 Å². The maximum atomic E-state index is 10.3. The van der Waals surface area contributed by atoms with Gasteiger partial charge in [0, 0.05) is 0 Å². The second-order valence-corrected chi connectivity index (χ2v) is 7.37. The minimum absolute atomic E-state index is 0.0751. The molecule has 1 saturated carbocycles. The zero-order valence-electron chi connectivity index (χ0n) is 12.7. The molecular weight excluding hydrogens is 208 g/mol. The van der Waals surface area contributed by atoms with Crippen LogP contribution in [-0.4, -0.2) is 11.2 Å². The molecule has 102 valence electrons. The van der Waals surface area contributed by atoms with Gasteiger partial charge in [-0.25, -0.2) is 0 Å². The van der Waals surface area contributed by atoms with Crippen molar-refractivity contribution in [3.63, 3.8) is 0 Å². The predicted molar refractivity (Wildman–Crippen MR) is 75.0 cm³/mol. The van der Waals surface area contributed by atoms with Crippen LogP contribution in [0.25, 0.3) is 0 Å². The molecule has 1 aliphatic carbocycles. The summed E-state index contributed by atoms with van der Waals surface area (Å²) in [5, 5.41) is 10.3. The van der Waals surface area contributed by atoms with Crippen molar-refractivity contribution in [3.05, 3.63) is 0 Å². The van der Waals surface area contributed by atoms with Gasteiger partial charge in [-0.2, -0.15) is 0 Å². The normalized spacial score (nSPS) is 31.6. The molecule has 1 N–H and O–H groups in total. The van der Waals surface area contributed by atoms with Crippen LogP contribution in [0, 0.1) is 22.7 Å². The molecule has 0 saturated heterocycles. The van der Waals surface area contributed by atoms with E-state index in [-0.39, 0.29) is 11.5 Å². The van der Waals surface area contributed by atoms with Crippen LogP contribution in [0.15, 0.2) is 0 Å². The van der Waals surface area contributed by atoms with Crippen LogP contribution in [0.2, 0.25) is 0 Å². The lowest BCUT2D eigenvalue weighted by molar-refractivity contribution is -0.0398. The largest absolute Gasteiger partial charge is 0.393 e. The molecule has 0 aromatic carbocycles. The van der Waals surface area contributed by atoms with E-state index in [9.17, 15) is 5.11 Å². The first-order chi connectivity index (χ1) is 7.74. The van der Waals surface area contributed by atoms with E-state index in [0.29, 0.717) is 11.3 Å². The summed E-state index contributed by atoms with van der Waals surface area (Å²) in [7, 11) is 0. The zero-order chi connectivity index (χ0) is 13.3. The van der Waals surface area contributed by atoms with Crippen molar-refractivity contribution in [2.75, 3.05) is 0 Å². The van der Waals surface area contributed by atoms with E-state index in [4.69, 9.17) is 0 Å². The van der Waals surface area contributed by atoms with Crippen LogP contribution < -0.4 is 0 Å². The van der Waals surface area contributed by atoms with Crippen molar-refractivity contribution in [3.8, 4) is 0 Å². The minimum Gasteiger partial charge on any atom is -0.393 e. The summed E-state index contributed by atoms with van der Waals surface area (Å²) in [4.78, 5) is 0. The third-order valence-electron chi connectivity index (χ3n) is 5.75. The van der Waals surface area contributed by atoms with Gasteiger partial charge in [-0.15, -0.1) is 0 Å². The molecule has 3 atom stereocenters. The first-order valence-electron chi connectivity index (χ1n) is 7.42. The monoisotopic (exact) mass is 240 g/mol. The molecule has 0 radical (unpaired) electrons. The number of hydrogen-bond donors (Lipinski definition) is 1. The summed E-state index contributed by atoms with van der Waals surface area (Å²) in [5.41, 5.74) is 0.712. The average Bonchev–Trinajstić information content (AvgIpc) is 2.29. The Balaban J connectivity index is 2.79. The Morgan fingerprint density at radius 2 is 1.47 bits per heavy atom. The molecule has 0 aromatic rings. The van der Waals surface area contributed by atoms with Crippen molar-refractivity contribution in [2.45, 2.75) is 79.8 Å². The molecule has 0 amide bonds. The van der Waals surface area contributed by atoms with Crippen LogP contribution >= 0.6 is 0 Å². The lowest BCUT2D eigenvalue weighted by atomic mass is 9.60. The third-order valence-corrected chi connectivity index (χ3v) is 5.75. The van der Waals surface area contributed by atoms with Gasteiger partial charge in [0.25, 0.3) is 0 Å². The first-order valence-corrected chi connectivity index (χ1v) is 7.42. The maximum absolute atomic E-state index is 10.3. The fourth-order valence-corrected chi connectivity index (χ4v) is 3.26. The Morgan fingerprint density at radius 3 is 1.94 bits per heavy atom.